The van der Waals surface area contributed by atoms with Crippen molar-refractivity contribution in [1.29, 1.82) is 0 Å². The van der Waals surface area contributed by atoms with Gasteiger partial charge in [-0.1, -0.05) is 30.3 Å². The molecule has 2 aromatic rings. The summed E-state index contributed by atoms with van der Waals surface area (Å²) < 4.78 is 5.31. The predicted molar refractivity (Wildman–Crippen MR) is 59.5 cm³/mol. The third-order valence-electron chi connectivity index (χ3n) is 2.12. The van der Waals surface area contributed by atoms with Crippen molar-refractivity contribution in [1.82, 2.24) is 9.97 Å². The highest BCUT2D eigenvalue weighted by molar-refractivity contribution is 5.74. The Balaban J connectivity index is 2.23. The van der Waals surface area contributed by atoms with Crippen LogP contribution in [0.5, 0.6) is 5.88 Å². The first-order chi connectivity index (χ1) is 8.27. The molecule has 0 aliphatic heterocycles. The zero-order valence-corrected chi connectivity index (χ0v) is 8.85. The lowest BCUT2D eigenvalue weighted by Gasteiger charge is -2.14. The minimum absolute atomic E-state index is 0.233. The topological polar surface area (TPSA) is 72.3 Å². The van der Waals surface area contributed by atoms with Crippen LogP contribution in [0.15, 0.2) is 48.9 Å². The third kappa shape index (κ3) is 2.78. The molecular formula is C12H10N2O3. The molecule has 1 unspecified atom stereocenters. The Morgan fingerprint density at radius 1 is 1.24 bits per heavy atom. The molecule has 0 spiro atoms. The zero-order valence-electron chi connectivity index (χ0n) is 8.85. The van der Waals surface area contributed by atoms with Gasteiger partial charge in [-0.3, -0.25) is 0 Å². The lowest BCUT2D eigenvalue weighted by molar-refractivity contribution is -0.145. The van der Waals surface area contributed by atoms with E-state index in [1.807, 2.05) is 6.07 Å². The maximum Gasteiger partial charge on any atom is 0.349 e. The molecule has 1 aromatic heterocycles. The number of ether oxygens (including phenoxy) is 1. The van der Waals surface area contributed by atoms with Gasteiger partial charge in [-0.05, 0) is 0 Å². The van der Waals surface area contributed by atoms with Gasteiger partial charge >= 0.3 is 5.97 Å². The van der Waals surface area contributed by atoms with E-state index in [9.17, 15) is 4.79 Å². The first kappa shape index (κ1) is 11.1. The molecule has 0 radical (unpaired) electrons. The molecule has 5 heteroatoms. The van der Waals surface area contributed by atoms with Gasteiger partial charge in [-0.2, -0.15) is 0 Å². The molecule has 0 bridgehead atoms. The smallest absolute Gasteiger partial charge is 0.349 e. The normalized spacial score (nSPS) is 11.8. The van der Waals surface area contributed by atoms with Crippen LogP contribution in [-0.2, 0) is 4.79 Å². The van der Waals surface area contributed by atoms with Crippen LogP contribution in [0.3, 0.4) is 0 Å². The number of aliphatic carboxylic acids is 1. The molecule has 0 aliphatic carbocycles. The van der Waals surface area contributed by atoms with Gasteiger partial charge < -0.3 is 9.84 Å². The van der Waals surface area contributed by atoms with Crippen LogP contribution in [0.1, 0.15) is 11.7 Å². The molecule has 0 saturated carbocycles. The molecular weight excluding hydrogens is 220 g/mol. The molecule has 0 aliphatic rings. The van der Waals surface area contributed by atoms with E-state index in [0.717, 1.165) is 0 Å². The fourth-order valence-corrected chi connectivity index (χ4v) is 1.36. The molecule has 0 amide bonds. The fraction of sp³-hybridized carbons (Fsp3) is 0.0833. The third-order valence-corrected chi connectivity index (χ3v) is 2.12. The summed E-state index contributed by atoms with van der Waals surface area (Å²) in [5.74, 6) is -0.828. The Hall–Kier alpha value is -2.43. The first-order valence-electron chi connectivity index (χ1n) is 4.98. The number of benzene rings is 1. The minimum atomic E-state index is -1.06. The van der Waals surface area contributed by atoms with Gasteiger partial charge in [0.15, 0.2) is 0 Å². The number of rotatable bonds is 4. The van der Waals surface area contributed by atoms with E-state index in [0.29, 0.717) is 5.56 Å². The van der Waals surface area contributed by atoms with Crippen molar-refractivity contribution in [3.63, 3.8) is 0 Å². The maximum absolute atomic E-state index is 11.1. The van der Waals surface area contributed by atoms with Crippen LogP contribution < -0.4 is 4.74 Å². The lowest BCUT2D eigenvalue weighted by atomic mass is 10.1. The molecule has 1 atom stereocenters. The quantitative estimate of drug-likeness (QED) is 0.865. The Labute approximate surface area is 97.7 Å². The number of aromatic nitrogens is 2. The molecule has 0 saturated heterocycles. The second kappa shape index (κ2) is 5.07. The van der Waals surface area contributed by atoms with Gasteiger partial charge in [0.05, 0.1) is 0 Å². The van der Waals surface area contributed by atoms with Gasteiger partial charge in [0.1, 0.15) is 6.33 Å². The monoisotopic (exact) mass is 230 g/mol. The summed E-state index contributed by atoms with van der Waals surface area (Å²) in [6.45, 7) is 0. The predicted octanol–water partition coefficient (Wildman–Crippen LogP) is 1.68. The van der Waals surface area contributed by atoms with E-state index in [2.05, 4.69) is 9.97 Å². The summed E-state index contributed by atoms with van der Waals surface area (Å²) in [7, 11) is 0. The van der Waals surface area contributed by atoms with Gasteiger partial charge in [0.25, 0.3) is 0 Å². The van der Waals surface area contributed by atoms with E-state index >= 15 is 0 Å². The average molecular weight is 230 g/mol. The maximum atomic E-state index is 11.1. The summed E-state index contributed by atoms with van der Waals surface area (Å²) in [6, 6.07) is 10.2. The van der Waals surface area contributed by atoms with Crippen molar-refractivity contribution in [2.24, 2.45) is 0 Å². The largest absolute Gasteiger partial charge is 0.478 e. The summed E-state index contributed by atoms with van der Waals surface area (Å²) in [5.41, 5.74) is 0.568. The number of carbonyl (C=O) groups is 1. The van der Waals surface area contributed by atoms with Crippen LogP contribution >= 0.6 is 0 Å². The van der Waals surface area contributed by atoms with Crippen LogP contribution in [0, 0.1) is 0 Å². The summed E-state index contributed by atoms with van der Waals surface area (Å²) in [4.78, 5) is 18.7. The number of nitrogens with zero attached hydrogens (tertiary/aromatic N) is 2. The van der Waals surface area contributed by atoms with Crippen LogP contribution in [0.25, 0.3) is 0 Å². The summed E-state index contributed by atoms with van der Waals surface area (Å²) in [5, 5.41) is 9.12. The molecule has 2 rings (SSSR count). The second-order valence-corrected chi connectivity index (χ2v) is 3.29. The number of carboxylic acids is 1. The van der Waals surface area contributed by atoms with Crippen LogP contribution in [0.4, 0.5) is 0 Å². The average Bonchev–Trinajstić information content (AvgIpc) is 2.38. The molecule has 17 heavy (non-hydrogen) atoms. The SMILES string of the molecule is O=C(O)C(Oc1ccncn1)c1ccccc1. The number of hydrogen-bond acceptors (Lipinski definition) is 4. The van der Waals surface area contributed by atoms with Gasteiger partial charge in [0, 0.05) is 17.8 Å². The van der Waals surface area contributed by atoms with Crippen LogP contribution in [-0.4, -0.2) is 21.0 Å². The highest BCUT2D eigenvalue weighted by atomic mass is 16.5. The Kier molecular flexibility index (Phi) is 3.30. The Morgan fingerprint density at radius 2 is 2.00 bits per heavy atom. The number of carboxylic acid groups (broad SMARTS) is 1. The van der Waals surface area contributed by atoms with Crippen molar-refractivity contribution in [2.75, 3.05) is 0 Å². The summed E-state index contributed by atoms with van der Waals surface area (Å²) in [6.07, 6.45) is 1.73. The van der Waals surface area contributed by atoms with Gasteiger partial charge in [-0.25, -0.2) is 14.8 Å². The molecule has 5 nitrogen and oxygen atoms in total. The highest BCUT2D eigenvalue weighted by Crippen LogP contribution is 2.19. The summed E-state index contributed by atoms with van der Waals surface area (Å²) >= 11 is 0. The van der Waals surface area contributed by atoms with Crippen molar-refractivity contribution >= 4 is 5.97 Å². The van der Waals surface area contributed by atoms with E-state index < -0.39 is 12.1 Å². The molecule has 1 aromatic carbocycles. The van der Waals surface area contributed by atoms with Crippen molar-refractivity contribution < 1.29 is 14.6 Å². The molecule has 1 N–H and O–H groups in total. The number of hydrogen-bond donors (Lipinski definition) is 1. The van der Waals surface area contributed by atoms with Crippen LogP contribution in [0.2, 0.25) is 0 Å². The van der Waals surface area contributed by atoms with E-state index in [1.165, 1.54) is 18.6 Å². The molecule has 0 fully saturated rings. The standard InChI is InChI=1S/C12H10N2O3/c15-12(16)11(9-4-2-1-3-5-9)17-10-6-7-13-8-14-10/h1-8,11H,(H,15,16). The molecule has 86 valence electrons. The highest BCUT2D eigenvalue weighted by Gasteiger charge is 2.21. The first-order valence-corrected chi connectivity index (χ1v) is 4.98. The fourth-order valence-electron chi connectivity index (χ4n) is 1.36. The van der Waals surface area contributed by atoms with Crippen molar-refractivity contribution in [3.8, 4) is 5.88 Å². The Bertz CT molecular complexity index is 488. The van der Waals surface area contributed by atoms with Crippen molar-refractivity contribution in [2.45, 2.75) is 6.10 Å². The zero-order chi connectivity index (χ0) is 12.1. The van der Waals surface area contributed by atoms with E-state index in [4.69, 9.17) is 9.84 Å². The van der Waals surface area contributed by atoms with Crippen molar-refractivity contribution in [3.05, 3.63) is 54.5 Å². The van der Waals surface area contributed by atoms with Gasteiger partial charge in [0.2, 0.25) is 12.0 Å². The van der Waals surface area contributed by atoms with E-state index in [-0.39, 0.29) is 5.88 Å². The minimum Gasteiger partial charge on any atom is -0.478 e. The van der Waals surface area contributed by atoms with E-state index in [1.54, 1.807) is 24.3 Å². The van der Waals surface area contributed by atoms with Gasteiger partial charge in [-0.15, -0.1) is 0 Å². The lowest BCUT2D eigenvalue weighted by Crippen LogP contribution is -2.18. The molecule has 1 heterocycles. The Morgan fingerprint density at radius 3 is 2.59 bits per heavy atom. The second-order valence-electron chi connectivity index (χ2n) is 3.29.